The van der Waals surface area contributed by atoms with Gasteiger partial charge in [-0.05, 0) is 30.5 Å². The van der Waals surface area contributed by atoms with Crippen molar-refractivity contribution in [1.82, 2.24) is 14.9 Å². The van der Waals surface area contributed by atoms with E-state index < -0.39 is 0 Å². The van der Waals surface area contributed by atoms with Gasteiger partial charge in [0.25, 0.3) is 5.91 Å². The number of hydrogen-bond donors (Lipinski definition) is 0. The highest BCUT2D eigenvalue weighted by atomic mass is 32.2. The number of para-hydroxylation sites is 1. The van der Waals surface area contributed by atoms with Gasteiger partial charge in [-0.2, -0.15) is 11.8 Å². The third-order valence-corrected chi connectivity index (χ3v) is 5.12. The van der Waals surface area contributed by atoms with Crippen LogP contribution < -0.4 is 4.90 Å². The second-order valence-corrected chi connectivity index (χ2v) is 7.06. The first-order valence-electron chi connectivity index (χ1n) is 8.58. The molecule has 3 heterocycles. The van der Waals surface area contributed by atoms with Crippen LogP contribution in [0.2, 0.25) is 0 Å². The summed E-state index contributed by atoms with van der Waals surface area (Å²) < 4.78 is 5.66. The second kappa shape index (κ2) is 7.37. The molecule has 6 nitrogen and oxygen atoms in total. The van der Waals surface area contributed by atoms with Crippen molar-refractivity contribution in [3.63, 3.8) is 0 Å². The lowest BCUT2D eigenvalue weighted by atomic mass is 10.2. The van der Waals surface area contributed by atoms with Crippen LogP contribution >= 0.6 is 11.8 Å². The lowest BCUT2D eigenvalue weighted by molar-refractivity contribution is 0.0713. The van der Waals surface area contributed by atoms with Gasteiger partial charge in [0.2, 0.25) is 0 Å². The number of carbonyl (C=O) groups excluding carboxylic acids is 1. The van der Waals surface area contributed by atoms with E-state index in [1.54, 1.807) is 24.2 Å². The number of benzene rings is 1. The molecule has 1 amide bonds. The molecule has 3 aromatic rings. The highest BCUT2D eigenvalue weighted by Crippen LogP contribution is 2.24. The Morgan fingerprint density at radius 1 is 1.12 bits per heavy atom. The maximum absolute atomic E-state index is 12.7. The van der Waals surface area contributed by atoms with Gasteiger partial charge in [-0.25, -0.2) is 9.97 Å². The highest BCUT2D eigenvalue weighted by molar-refractivity contribution is 7.97. The molecule has 0 spiro atoms. The van der Waals surface area contributed by atoms with Crippen molar-refractivity contribution in [2.24, 2.45) is 0 Å². The lowest BCUT2D eigenvalue weighted by Gasteiger charge is -2.35. The van der Waals surface area contributed by atoms with Crippen molar-refractivity contribution in [3.05, 3.63) is 54.2 Å². The van der Waals surface area contributed by atoms with Gasteiger partial charge in [0.05, 0.1) is 11.3 Å². The summed E-state index contributed by atoms with van der Waals surface area (Å²) in [5.74, 6) is 2.94. The Kier molecular flexibility index (Phi) is 4.79. The Morgan fingerprint density at radius 2 is 1.92 bits per heavy atom. The van der Waals surface area contributed by atoms with Crippen molar-refractivity contribution in [3.8, 4) is 0 Å². The Morgan fingerprint density at radius 3 is 2.73 bits per heavy atom. The van der Waals surface area contributed by atoms with Gasteiger partial charge < -0.3 is 14.2 Å². The van der Waals surface area contributed by atoms with Gasteiger partial charge in [0.15, 0.2) is 5.76 Å². The molecule has 0 unspecified atom stereocenters. The molecule has 0 atom stereocenters. The molecule has 0 saturated carbocycles. The molecule has 0 radical (unpaired) electrons. The predicted molar refractivity (Wildman–Crippen MR) is 104 cm³/mol. The Bertz CT molecular complexity index is 913. The summed E-state index contributed by atoms with van der Waals surface area (Å²) in [5.41, 5.74) is 0.938. The maximum atomic E-state index is 12.7. The van der Waals surface area contributed by atoms with Crippen LogP contribution in [0.15, 0.2) is 47.1 Å². The SMILES string of the molecule is CSCc1ccc(C(=O)N2CCN(c3ncnc4ccccc34)CC2)o1. The fraction of sp³-hybridized carbons (Fsp3) is 0.316. The number of furan rings is 1. The average Bonchev–Trinajstić information content (AvgIpc) is 3.16. The minimum Gasteiger partial charge on any atom is -0.455 e. The van der Waals surface area contributed by atoms with Crippen LogP contribution in [0.1, 0.15) is 16.3 Å². The Labute approximate surface area is 156 Å². The van der Waals surface area contributed by atoms with Gasteiger partial charge in [-0.3, -0.25) is 4.79 Å². The third kappa shape index (κ3) is 3.26. The van der Waals surface area contributed by atoms with Gasteiger partial charge in [-0.1, -0.05) is 12.1 Å². The second-order valence-electron chi connectivity index (χ2n) is 6.19. The van der Waals surface area contributed by atoms with Gasteiger partial charge in [0, 0.05) is 31.6 Å². The van der Waals surface area contributed by atoms with E-state index in [0.29, 0.717) is 18.8 Å². The van der Waals surface area contributed by atoms with E-state index in [0.717, 1.165) is 41.3 Å². The molecular weight excluding hydrogens is 348 g/mol. The molecule has 1 aliphatic heterocycles. The first-order valence-corrected chi connectivity index (χ1v) is 9.97. The topological polar surface area (TPSA) is 62.5 Å². The number of anilines is 1. The number of piperazine rings is 1. The summed E-state index contributed by atoms with van der Waals surface area (Å²) >= 11 is 1.68. The van der Waals surface area contributed by atoms with Crippen molar-refractivity contribution >= 4 is 34.4 Å². The van der Waals surface area contributed by atoms with E-state index in [-0.39, 0.29) is 5.91 Å². The lowest BCUT2D eigenvalue weighted by Crippen LogP contribution is -2.49. The Hall–Kier alpha value is -2.54. The van der Waals surface area contributed by atoms with E-state index in [2.05, 4.69) is 14.9 Å². The zero-order chi connectivity index (χ0) is 17.9. The highest BCUT2D eigenvalue weighted by Gasteiger charge is 2.25. The molecule has 134 valence electrons. The largest absolute Gasteiger partial charge is 0.455 e. The van der Waals surface area contributed by atoms with Crippen LogP contribution in [-0.4, -0.2) is 53.2 Å². The minimum absolute atomic E-state index is 0.0375. The molecule has 1 aliphatic rings. The number of carbonyl (C=O) groups is 1. The number of hydrogen-bond acceptors (Lipinski definition) is 6. The third-order valence-electron chi connectivity index (χ3n) is 4.55. The molecule has 1 saturated heterocycles. The fourth-order valence-electron chi connectivity index (χ4n) is 3.23. The van der Waals surface area contributed by atoms with Crippen molar-refractivity contribution in [2.75, 3.05) is 37.3 Å². The predicted octanol–water partition coefficient (Wildman–Crippen LogP) is 3.05. The number of amides is 1. The van der Waals surface area contributed by atoms with E-state index >= 15 is 0 Å². The first kappa shape index (κ1) is 16.9. The zero-order valence-corrected chi connectivity index (χ0v) is 15.4. The molecule has 0 N–H and O–H groups in total. The monoisotopic (exact) mass is 368 g/mol. The van der Waals surface area contributed by atoms with Crippen LogP contribution in [-0.2, 0) is 5.75 Å². The number of thioether (sulfide) groups is 1. The van der Waals surface area contributed by atoms with E-state index in [1.807, 2.05) is 41.5 Å². The molecule has 2 aromatic heterocycles. The fourth-order valence-corrected chi connectivity index (χ4v) is 3.67. The molecule has 0 bridgehead atoms. The molecule has 0 aliphatic carbocycles. The molecule has 1 aromatic carbocycles. The summed E-state index contributed by atoms with van der Waals surface area (Å²) in [5, 5.41) is 1.04. The number of aromatic nitrogens is 2. The van der Waals surface area contributed by atoms with Crippen LogP contribution in [0, 0.1) is 0 Å². The maximum Gasteiger partial charge on any atom is 0.289 e. The van der Waals surface area contributed by atoms with Gasteiger partial charge in [0.1, 0.15) is 17.9 Å². The van der Waals surface area contributed by atoms with Crippen molar-refractivity contribution in [1.29, 1.82) is 0 Å². The Balaban J connectivity index is 1.45. The van der Waals surface area contributed by atoms with Crippen LogP contribution in [0.25, 0.3) is 10.9 Å². The smallest absolute Gasteiger partial charge is 0.289 e. The van der Waals surface area contributed by atoms with Crippen LogP contribution in [0.5, 0.6) is 0 Å². The summed E-state index contributed by atoms with van der Waals surface area (Å²) in [6.07, 6.45) is 3.62. The van der Waals surface area contributed by atoms with Gasteiger partial charge >= 0.3 is 0 Å². The zero-order valence-electron chi connectivity index (χ0n) is 14.6. The van der Waals surface area contributed by atoms with E-state index in [4.69, 9.17) is 4.42 Å². The standard InChI is InChI=1S/C19H20N4O2S/c1-26-12-14-6-7-17(25-14)19(24)23-10-8-22(9-11-23)18-15-4-2-3-5-16(15)20-13-21-18/h2-7,13H,8-12H2,1H3. The number of fused-ring (bicyclic) bond motifs is 1. The molecule has 26 heavy (non-hydrogen) atoms. The van der Waals surface area contributed by atoms with E-state index in [1.165, 1.54) is 0 Å². The summed E-state index contributed by atoms with van der Waals surface area (Å²) in [7, 11) is 0. The van der Waals surface area contributed by atoms with Crippen molar-refractivity contribution < 1.29 is 9.21 Å². The summed E-state index contributed by atoms with van der Waals surface area (Å²) in [6, 6.07) is 11.7. The summed E-state index contributed by atoms with van der Waals surface area (Å²) in [6.45, 7) is 2.78. The number of rotatable bonds is 4. The normalized spacial score (nSPS) is 14.8. The quantitative estimate of drug-likeness (QED) is 0.705. The van der Waals surface area contributed by atoms with Crippen LogP contribution in [0.3, 0.4) is 0 Å². The average molecular weight is 368 g/mol. The summed E-state index contributed by atoms with van der Waals surface area (Å²) in [4.78, 5) is 25.5. The number of nitrogens with zero attached hydrogens (tertiary/aromatic N) is 4. The van der Waals surface area contributed by atoms with Crippen molar-refractivity contribution in [2.45, 2.75) is 5.75 Å². The van der Waals surface area contributed by atoms with Crippen LogP contribution in [0.4, 0.5) is 5.82 Å². The molecule has 4 rings (SSSR count). The van der Waals surface area contributed by atoms with Gasteiger partial charge in [-0.15, -0.1) is 0 Å². The minimum atomic E-state index is -0.0375. The first-order chi connectivity index (χ1) is 12.8. The molecule has 7 heteroatoms. The van der Waals surface area contributed by atoms with E-state index in [9.17, 15) is 4.79 Å². The molecule has 1 fully saturated rings. The molecular formula is C19H20N4O2S.